The second-order valence-electron chi connectivity index (χ2n) is 3.88. The molecular formula is C13H14N2O5. The van der Waals surface area contributed by atoms with Crippen LogP contribution in [0.4, 0.5) is 0 Å². The Kier molecular flexibility index (Phi) is 4.19. The van der Waals surface area contributed by atoms with Crippen LogP contribution in [-0.4, -0.2) is 30.3 Å². The third-order valence-electron chi connectivity index (χ3n) is 2.52. The van der Waals surface area contributed by atoms with Crippen molar-refractivity contribution in [2.45, 2.75) is 13.5 Å². The molecule has 0 unspecified atom stereocenters. The zero-order valence-electron chi connectivity index (χ0n) is 11.4. The molecule has 1 heterocycles. The van der Waals surface area contributed by atoms with E-state index in [4.69, 9.17) is 18.7 Å². The minimum Gasteiger partial charge on any atom is -0.493 e. The normalized spacial score (nSPS) is 10.2. The third-order valence-corrected chi connectivity index (χ3v) is 2.52. The number of benzene rings is 1. The quantitative estimate of drug-likeness (QED) is 0.770. The Morgan fingerprint density at radius 3 is 2.60 bits per heavy atom. The van der Waals surface area contributed by atoms with E-state index in [1.165, 1.54) is 14.2 Å². The summed E-state index contributed by atoms with van der Waals surface area (Å²) in [6.07, 6.45) is 0. The van der Waals surface area contributed by atoms with E-state index in [9.17, 15) is 4.79 Å². The monoisotopic (exact) mass is 278 g/mol. The van der Waals surface area contributed by atoms with Gasteiger partial charge in [-0.3, -0.25) is 0 Å². The predicted molar refractivity (Wildman–Crippen MR) is 67.7 cm³/mol. The van der Waals surface area contributed by atoms with Gasteiger partial charge in [-0.05, 0) is 25.1 Å². The lowest BCUT2D eigenvalue weighted by atomic mass is 10.2. The number of hydrogen-bond donors (Lipinski definition) is 0. The van der Waals surface area contributed by atoms with Gasteiger partial charge in [-0.1, -0.05) is 5.16 Å². The van der Waals surface area contributed by atoms with Crippen LogP contribution in [-0.2, 0) is 11.3 Å². The van der Waals surface area contributed by atoms with E-state index < -0.39 is 5.97 Å². The molecule has 0 fully saturated rings. The van der Waals surface area contributed by atoms with Crippen LogP contribution in [0.3, 0.4) is 0 Å². The highest BCUT2D eigenvalue weighted by atomic mass is 16.6. The first kappa shape index (κ1) is 13.9. The van der Waals surface area contributed by atoms with Gasteiger partial charge in [0.2, 0.25) is 0 Å². The molecule has 20 heavy (non-hydrogen) atoms. The van der Waals surface area contributed by atoms with Crippen LogP contribution in [0.15, 0.2) is 22.7 Å². The first-order chi connectivity index (χ1) is 9.63. The standard InChI is InChI=1S/C13H14N2O5/c1-8-14-12(20-15-8)7-19-13(16)9-4-5-10(17-2)11(6-9)18-3/h4-6H,7H2,1-3H3. The lowest BCUT2D eigenvalue weighted by Gasteiger charge is -2.08. The predicted octanol–water partition coefficient (Wildman–Crippen LogP) is 1.75. The number of methoxy groups -OCH3 is 2. The maximum Gasteiger partial charge on any atom is 0.338 e. The molecule has 2 aromatic rings. The molecule has 0 atom stereocenters. The number of ether oxygens (including phenoxy) is 3. The first-order valence-electron chi connectivity index (χ1n) is 5.82. The molecule has 0 bridgehead atoms. The van der Waals surface area contributed by atoms with Crippen molar-refractivity contribution in [1.29, 1.82) is 0 Å². The maximum absolute atomic E-state index is 11.9. The SMILES string of the molecule is COc1ccc(C(=O)OCc2nc(C)no2)cc1OC. The van der Waals surface area contributed by atoms with Gasteiger partial charge in [0.25, 0.3) is 5.89 Å². The summed E-state index contributed by atoms with van der Waals surface area (Å²) < 4.78 is 20.1. The Morgan fingerprint density at radius 2 is 2.00 bits per heavy atom. The molecule has 0 amide bonds. The number of carbonyl (C=O) groups excluding carboxylic acids is 1. The Balaban J connectivity index is 2.05. The van der Waals surface area contributed by atoms with E-state index in [2.05, 4.69) is 10.1 Å². The molecule has 0 saturated heterocycles. The van der Waals surface area contributed by atoms with Gasteiger partial charge in [-0.25, -0.2) is 4.79 Å². The summed E-state index contributed by atoms with van der Waals surface area (Å²) in [5.41, 5.74) is 0.346. The van der Waals surface area contributed by atoms with E-state index in [0.717, 1.165) is 0 Å². The second-order valence-corrected chi connectivity index (χ2v) is 3.88. The Labute approximate surface area is 115 Å². The highest BCUT2D eigenvalue weighted by Gasteiger charge is 2.13. The van der Waals surface area contributed by atoms with Crippen LogP contribution >= 0.6 is 0 Å². The molecule has 0 spiro atoms. The highest BCUT2D eigenvalue weighted by Crippen LogP contribution is 2.27. The van der Waals surface area contributed by atoms with Crippen molar-refractivity contribution in [2.75, 3.05) is 14.2 Å². The molecule has 7 heteroatoms. The van der Waals surface area contributed by atoms with Gasteiger partial charge in [-0.15, -0.1) is 0 Å². The zero-order valence-corrected chi connectivity index (χ0v) is 11.4. The van der Waals surface area contributed by atoms with Crippen molar-refractivity contribution < 1.29 is 23.5 Å². The molecule has 7 nitrogen and oxygen atoms in total. The van der Waals surface area contributed by atoms with Gasteiger partial charge in [0.15, 0.2) is 23.9 Å². The van der Waals surface area contributed by atoms with E-state index in [1.54, 1.807) is 25.1 Å². The van der Waals surface area contributed by atoms with Crippen LogP contribution in [0.5, 0.6) is 11.5 Å². The topological polar surface area (TPSA) is 83.7 Å². The lowest BCUT2D eigenvalue weighted by Crippen LogP contribution is -2.06. The van der Waals surface area contributed by atoms with Gasteiger partial charge >= 0.3 is 5.97 Å². The molecule has 0 N–H and O–H groups in total. The van der Waals surface area contributed by atoms with Gasteiger partial charge in [0, 0.05) is 0 Å². The van der Waals surface area contributed by atoms with Gasteiger partial charge < -0.3 is 18.7 Å². The van der Waals surface area contributed by atoms with Crippen molar-refractivity contribution in [3.63, 3.8) is 0 Å². The van der Waals surface area contributed by atoms with Crippen molar-refractivity contribution in [1.82, 2.24) is 10.1 Å². The van der Waals surface area contributed by atoms with Crippen LogP contribution in [0.2, 0.25) is 0 Å². The van der Waals surface area contributed by atoms with Crippen LogP contribution < -0.4 is 9.47 Å². The van der Waals surface area contributed by atoms with Gasteiger partial charge in [0.05, 0.1) is 19.8 Å². The minimum atomic E-state index is -0.512. The summed E-state index contributed by atoms with van der Waals surface area (Å²) in [7, 11) is 3.02. The highest BCUT2D eigenvalue weighted by molar-refractivity contribution is 5.90. The Hall–Kier alpha value is -2.57. The number of rotatable bonds is 5. The molecule has 1 aromatic carbocycles. The van der Waals surface area contributed by atoms with Crippen molar-refractivity contribution in [3.8, 4) is 11.5 Å². The Morgan fingerprint density at radius 1 is 1.25 bits per heavy atom. The number of aromatic nitrogens is 2. The second kappa shape index (κ2) is 6.05. The number of aryl methyl sites for hydroxylation is 1. The van der Waals surface area contributed by atoms with E-state index in [-0.39, 0.29) is 12.5 Å². The van der Waals surface area contributed by atoms with Crippen LogP contribution in [0, 0.1) is 6.92 Å². The van der Waals surface area contributed by atoms with E-state index in [1.807, 2.05) is 0 Å². The molecule has 0 aliphatic heterocycles. The van der Waals surface area contributed by atoms with Gasteiger partial charge in [0.1, 0.15) is 0 Å². The molecule has 0 radical (unpaired) electrons. The summed E-state index contributed by atoms with van der Waals surface area (Å²) in [6, 6.07) is 4.76. The number of nitrogens with zero attached hydrogens (tertiary/aromatic N) is 2. The molecule has 0 saturated carbocycles. The average Bonchev–Trinajstić information content (AvgIpc) is 2.89. The number of esters is 1. The molecule has 1 aromatic heterocycles. The average molecular weight is 278 g/mol. The van der Waals surface area contributed by atoms with Crippen molar-refractivity contribution in [3.05, 3.63) is 35.5 Å². The summed E-state index contributed by atoms with van der Waals surface area (Å²) in [5.74, 6) is 1.22. The zero-order chi connectivity index (χ0) is 14.5. The van der Waals surface area contributed by atoms with Crippen molar-refractivity contribution >= 4 is 5.97 Å². The van der Waals surface area contributed by atoms with Crippen LogP contribution in [0.25, 0.3) is 0 Å². The minimum absolute atomic E-state index is 0.0754. The maximum atomic E-state index is 11.9. The molecule has 0 aliphatic carbocycles. The van der Waals surface area contributed by atoms with Crippen LogP contribution in [0.1, 0.15) is 22.1 Å². The van der Waals surface area contributed by atoms with Gasteiger partial charge in [-0.2, -0.15) is 4.98 Å². The fourth-order valence-electron chi connectivity index (χ4n) is 1.57. The first-order valence-corrected chi connectivity index (χ1v) is 5.82. The van der Waals surface area contributed by atoms with E-state index >= 15 is 0 Å². The largest absolute Gasteiger partial charge is 0.493 e. The molecular weight excluding hydrogens is 264 g/mol. The molecule has 2 rings (SSSR count). The summed E-state index contributed by atoms with van der Waals surface area (Å²) >= 11 is 0. The summed E-state index contributed by atoms with van der Waals surface area (Å²) in [5, 5.41) is 3.60. The lowest BCUT2D eigenvalue weighted by molar-refractivity contribution is 0.0429. The molecule has 0 aliphatic rings. The number of carbonyl (C=O) groups is 1. The Bertz CT molecular complexity index is 609. The fourth-order valence-corrected chi connectivity index (χ4v) is 1.57. The van der Waals surface area contributed by atoms with Crippen molar-refractivity contribution in [2.24, 2.45) is 0 Å². The van der Waals surface area contributed by atoms with E-state index in [0.29, 0.717) is 22.9 Å². The fraction of sp³-hybridized carbons (Fsp3) is 0.308. The smallest absolute Gasteiger partial charge is 0.338 e. The number of hydrogen-bond acceptors (Lipinski definition) is 7. The summed E-state index contributed by atoms with van der Waals surface area (Å²) in [4.78, 5) is 15.8. The molecule has 106 valence electrons. The summed E-state index contributed by atoms with van der Waals surface area (Å²) in [6.45, 7) is 1.61. The third kappa shape index (κ3) is 3.05.